The molecule has 0 saturated heterocycles. The Labute approximate surface area is 257 Å². The van der Waals surface area contributed by atoms with Gasteiger partial charge >= 0.3 is 5.97 Å². The molecule has 10 atom stereocenters. The number of carboxylic acids is 1. The molecular weight excluding hydrogens is 538 g/mol. The number of carbonyl (C=O) groups is 1. The summed E-state index contributed by atoms with van der Waals surface area (Å²) in [6.45, 7) is 16.7. The molecule has 0 heterocycles. The van der Waals surface area contributed by atoms with Crippen molar-refractivity contribution in [2.24, 2.45) is 56.7 Å². The summed E-state index contributed by atoms with van der Waals surface area (Å²) in [5.41, 5.74) is 1.53. The van der Waals surface area contributed by atoms with Gasteiger partial charge in [0.05, 0.1) is 16.4 Å². The average molecular weight is 590 g/mol. The second-order valence-electron chi connectivity index (χ2n) is 16.4. The van der Waals surface area contributed by atoms with Gasteiger partial charge in [0.2, 0.25) is 0 Å². The first kappa shape index (κ1) is 30.6. The van der Waals surface area contributed by atoms with Gasteiger partial charge in [-0.25, -0.2) is 0 Å². The van der Waals surface area contributed by atoms with Gasteiger partial charge < -0.3 is 10.2 Å². The molecule has 5 aliphatic carbocycles. The predicted molar refractivity (Wildman–Crippen MR) is 169 cm³/mol. The molecule has 234 valence electrons. The van der Waals surface area contributed by atoms with Gasteiger partial charge in [0.25, 0.3) is 5.69 Å². The largest absolute Gasteiger partial charge is 0.481 e. The summed E-state index contributed by atoms with van der Waals surface area (Å²) >= 11 is 0. The Bertz CT molecular complexity index is 1350. The van der Waals surface area contributed by atoms with Gasteiger partial charge in [0, 0.05) is 12.1 Å². The Kier molecular flexibility index (Phi) is 7.12. The summed E-state index contributed by atoms with van der Waals surface area (Å²) in [5.74, 6) is 0.969. The molecule has 0 aromatic heterocycles. The zero-order valence-corrected chi connectivity index (χ0v) is 26.8. The first-order valence-electron chi connectivity index (χ1n) is 16.6. The first-order chi connectivity index (χ1) is 20.1. The van der Waals surface area contributed by atoms with Gasteiger partial charge in [0.15, 0.2) is 0 Å². The number of nitro benzene ring substituents is 1. The van der Waals surface area contributed by atoms with E-state index in [0.717, 1.165) is 68.9 Å². The van der Waals surface area contributed by atoms with E-state index in [1.54, 1.807) is 12.1 Å². The molecule has 5 saturated carbocycles. The highest BCUT2D eigenvalue weighted by molar-refractivity contribution is 5.76. The first-order valence-corrected chi connectivity index (χ1v) is 16.6. The lowest BCUT2D eigenvalue weighted by Gasteiger charge is -2.72. The van der Waals surface area contributed by atoms with E-state index < -0.39 is 16.3 Å². The van der Waals surface area contributed by atoms with Gasteiger partial charge in [-0.05, 0) is 133 Å². The maximum Gasteiger partial charge on any atom is 0.309 e. The number of benzene rings is 1. The number of carboxylic acid groups (broad SMARTS) is 1. The number of aliphatic carboxylic acids is 1. The average Bonchev–Trinajstić information content (AvgIpc) is 3.36. The molecular formula is C37H51NO5. The van der Waals surface area contributed by atoms with Crippen LogP contribution in [0, 0.1) is 66.8 Å². The molecule has 5 aliphatic rings. The van der Waals surface area contributed by atoms with Crippen molar-refractivity contribution in [3.05, 3.63) is 58.2 Å². The quantitative estimate of drug-likeness (QED) is 0.203. The molecule has 0 aliphatic heterocycles. The number of nitrogens with zero attached hydrogens (tertiary/aromatic N) is 1. The molecule has 0 bridgehead atoms. The Morgan fingerprint density at radius 2 is 1.60 bits per heavy atom. The number of nitro groups is 1. The van der Waals surface area contributed by atoms with Crippen molar-refractivity contribution in [1.29, 1.82) is 0 Å². The lowest BCUT2D eigenvalue weighted by atomic mass is 9.32. The highest BCUT2D eigenvalue weighted by atomic mass is 16.6. The van der Waals surface area contributed by atoms with Gasteiger partial charge in [-0.3, -0.25) is 14.9 Å². The molecule has 0 unspecified atom stereocenters. The maximum atomic E-state index is 13.1. The van der Waals surface area contributed by atoms with Crippen molar-refractivity contribution in [2.45, 2.75) is 105 Å². The van der Waals surface area contributed by atoms with Crippen LogP contribution >= 0.6 is 0 Å². The van der Waals surface area contributed by atoms with Crippen molar-refractivity contribution in [3.63, 3.8) is 0 Å². The monoisotopic (exact) mass is 589 g/mol. The fourth-order valence-corrected chi connectivity index (χ4v) is 12.4. The van der Waals surface area contributed by atoms with Crippen molar-refractivity contribution in [1.82, 2.24) is 0 Å². The molecule has 0 spiro atoms. The minimum Gasteiger partial charge on any atom is -0.481 e. The number of aliphatic hydroxyl groups is 1. The van der Waals surface area contributed by atoms with Crippen LogP contribution in [0.15, 0.2) is 42.5 Å². The van der Waals surface area contributed by atoms with E-state index in [2.05, 4.69) is 41.2 Å². The summed E-state index contributed by atoms with van der Waals surface area (Å²) < 4.78 is 0. The van der Waals surface area contributed by atoms with Crippen molar-refractivity contribution in [2.75, 3.05) is 0 Å². The molecule has 6 heteroatoms. The third kappa shape index (κ3) is 4.17. The summed E-state index contributed by atoms with van der Waals surface area (Å²) in [7, 11) is 0. The van der Waals surface area contributed by atoms with Gasteiger partial charge in [-0.2, -0.15) is 0 Å². The van der Waals surface area contributed by atoms with Crippen LogP contribution in [0.4, 0.5) is 5.69 Å². The van der Waals surface area contributed by atoms with E-state index in [0.29, 0.717) is 24.2 Å². The highest BCUT2D eigenvalue weighted by Gasteiger charge is 2.72. The normalized spacial score (nSPS) is 45.0. The standard InChI is InChI=1S/C37H51NO5/c1-23(7-8-24-9-11-25(12-10-24)38(42)43)26-15-20-37(32(40)41)22-21-35(5)27(31(26)37)13-14-29-34(4)18-17-30(39)33(2,3)28(34)16-19-36(29,35)6/h7-12,26-31,39H,1,13-22H2,2-6H3,(H,40,41)/b8-7+/t26-,27+,28-,29+,30-,31+,34-,35+,36+,37-/m0/s1. The van der Waals surface area contributed by atoms with Crippen LogP contribution in [0.1, 0.15) is 104 Å². The van der Waals surface area contributed by atoms with Crippen LogP contribution in [0.25, 0.3) is 6.08 Å². The number of non-ortho nitro benzene ring substituents is 1. The van der Waals surface area contributed by atoms with Crippen molar-refractivity contribution in [3.8, 4) is 0 Å². The summed E-state index contributed by atoms with van der Waals surface area (Å²) in [6, 6.07) is 6.53. The van der Waals surface area contributed by atoms with E-state index in [9.17, 15) is 25.1 Å². The number of hydrogen-bond donors (Lipinski definition) is 2. The van der Waals surface area contributed by atoms with Gasteiger partial charge in [-0.1, -0.05) is 58.9 Å². The zero-order valence-electron chi connectivity index (χ0n) is 26.8. The number of fused-ring (bicyclic) bond motifs is 7. The number of rotatable bonds is 5. The molecule has 1 aromatic rings. The Balaban J connectivity index is 1.32. The Hall–Kier alpha value is -2.47. The number of allylic oxidation sites excluding steroid dienone is 2. The van der Waals surface area contributed by atoms with Gasteiger partial charge in [0.1, 0.15) is 0 Å². The summed E-state index contributed by atoms with van der Waals surface area (Å²) in [5, 5.41) is 32.9. The molecule has 6 rings (SSSR count). The van der Waals surface area contributed by atoms with Crippen LogP contribution in [0.3, 0.4) is 0 Å². The Morgan fingerprint density at radius 1 is 0.907 bits per heavy atom. The summed E-state index contributed by atoms with van der Waals surface area (Å²) in [4.78, 5) is 23.8. The number of aliphatic hydroxyl groups excluding tert-OH is 1. The molecule has 6 nitrogen and oxygen atoms in total. The summed E-state index contributed by atoms with van der Waals surface area (Å²) in [6.07, 6.45) is 13.5. The highest BCUT2D eigenvalue weighted by Crippen LogP contribution is 2.77. The fourth-order valence-electron chi connectivity index (χ4n) is 12.4. The zero-order chi connectivity index (χ0) is 31.2. The van der Waals surface area contributed by atoms with Crippen LogP contribution < -0.4 is 0 Å². The van der Waals surface area contributed by atoms with Crippen LogP contribution in [-0.2, 0) is 4.79 Å². The Morgan fingerprint density at radius 3 is 2.26 bits per heavy atom. The maximum absolute atomic E-state index is 13.1. The van der Waals surface area contributed by atoms with Crippen LogP contribution in [-0.4, -0.2) is 27.2 Å². The third-order valence-electron chi connectivity index (χ3n) is 14.9. The second kappa shape index (κ2) is 10.0. The van der Waals surface area contributed by atoms with Gasteiger partial charge in [-0.15, -0.1) is 0 Å². The van der Waals surface area contributed by atoms with E-state index >= 15 is 0 Å². The molecule has 1 aromatic carbocycles. The topological polar surface area (TPSA) is 101 Å². The van der Waals surface area contributed by atoms with Crippen molar-refractivity contribution < 1.29 is 19.9 Å². The predicted octanol–water partition coefficient (Wildman–Crippen LogP) is 8.69. The second-order valence-corrected chi connectivity index (χ2v) is 16.4. The van der Waals surface area contributed by atoms with E-state index in [1.165, 1.54) is 12.1 Å². The minimum absolute atomic E-state index is 0.0542. The van der Waals surface area contributed by atoms with E-state index in [4.69, 9.17) is 0 Å². The lowest BCUT2D eigenvalue weighted by Crippen LogP contribution is -2.67. The minimum atomic E-state index is -0.694. The van der Waals surface area contributed by atoms with Crippen LogP contribution in [0.2, 0.25) is 0 Å². The third-order valence-corrected chi connectivity index (χ3v) is 14.9. The molecule has 2 N–H and O–H groups in total. The SMILES string of the molecule is C=C(/C=C/c1ccc([N+](=O)[O-])cc1)[C@@H]1CC[C@]2(C(=O)O)CC[C@]3(C)[C@H](CC[C@@H]4[C@@]5(C)CC[C@H](O)C(C)(C)[C@@H]5CC[C@]43C)[C@@H]12. The van der Waals surface area contributed by atoms with E-state index in [-0.39, 0.29) is 45.3 Å². The molecule has 43 heavy (non-hydrogen) atoms. The van der Waals surface area contributed by atoms with Crippen molar-refractivity contribution >= 4 is 17.7 Å². The molecule has 0 amide bonds. The molecule has 5 fully saturated rings. The van der Waals surface area contributed by atoms with Crippen LogP contribution in [0.5, 0.6) is 0 Å². The van der Waals surface area contributed by atoms with E-state index in [1.807, 2.05) is 12.2 Å². The molecule has 0 radical (unpaired) electrons. The number of hydrogen-bond acceptors (Lipinski definition) is 4. The lowest BCUT2D eigenvalue weighted by molar-refractivity contribution is -0.384. The smallest absolute Gasteiger partial charge is 0.309 e. The fraction of sp³-hybridized carbons (Fsp3) is 0.703.